The molecule has 3 saturated carbocycles. The second-order valence-corrected chi connectivity index (χ2v) is 8.52. The average Bonchev–Trinajstić information content (AvgIpc) is 2.50. The molecular weight excluding hydrogens is 310 g/mol. The van der Waals surface area contributed by atoms with Crippen LogP contribution >= 0.6 is 11.6 Å². The van der Waals surface area contributed by atoms with Crippen molar-refractivity contribution in [1.82, 2.24) is 0 Å². The molecular formula is C18H26BClO3. The van der Waals surface area contributed by atoms with Gasteiger partial charge in [0.25, 0.3) is 0 Å². The van der Waals surface area contributed by atoms with Crippen LogP contribution in [0.25, 0.3) is 0 Å². The quantitative estimate of drug-likeness (QED) is 0.642. The lowest BCUT2D eigenvalue weighted by Gasteiger charge is -2.66. The molecule has 0 aromatic heterocycles. The summed E-state index contributed by atoms with van der Waals surface area (Å²) in [5.41, 5.74) is 0.477. The molecule has 0 spiro atoms. The minimum atomic E-state index is -1.09. The van der Waals surface area contributed by atoms with E-state index in [0.29, 0.717) is 12.3 Å². The summed E-state index contributed by atoms with van der Waals surface area (Å²) in [6, 6.07) is 9.83. The van der Waals surface area contributed by atoms with Gasteiger partial charge in [0, 0.05) is 0 Å². The Kier molecular flexibility index (Phi) is 4.56. The summed E-state index contributed by atoms with van der Waals surface area (Å²) in [5, 5.41) is 20.4. The number of rotatable bonds is 5. The average molecular weight is 337 g/mol. The van der Waals surface area contributed by atoms with Crippen molar-refractivity contribution in [3.8, 4) is 0 Å². The predicted octanol–water partition coefficient (Wildman–Crippen LogP) is 3.06. The number of hydrogen-bond acceptors (Lipinski definition) is 3. The molecule has 3 fully saturated rings. The van der Waals surface area contributed by atoms with E-state index >= 15 is 0 Å². The highest BCUT2D eigenvalue weighted by Crippen LogP contribution is 2.63. The van der Waals surface area contributed by atoms with Crippen molar-refractivity contribution in [3.63, 3.8) is 0 Å². The predicted molar refractivity (Wildman–Crippen MR) is 93.3 cm³/mol. The normalized spacial score (nSPS) is 36.2. The third-order valence-electron chi connectivity index (χ3n) is 6.29. The maximum Gasteiger partial charge on any atom is 0.474 e. The van der Waals surface area contributed by atoms with E-state index in [1.54, 1.807) is 0 Å². The topological polar surface area (TPSA) is 49.7 Å². The SMILES string of the molecule is CC1(C)[C@@H]2C[C@@H](O)[C@@](C)(OB(O)[C@H](Cl)Cc3ccccc3)[C@H]1C2. The second-order valence-electron chi connectivity index (χ2n) is 7.96. The van der Waals surface area contributed by atoms with Crippen LogP contribution < -0.4 is 0 Å². The van der Waals surface area contributed by atoms with Crippen LogP contribution in [0.3, 0.4) is 0 Å². The fourth-order valence-electron chi connectivity index (χ4n) is 4.56. The van der Waals surface area contributed by atoms with E-state index in [-0.39, 0.29) is 11.3 Å². The molecule has 0 saturated heterocycles. The first kappa shape index (κ1) is 17.3. The largest absolute Gasteiger partial charge is 0.474 e. The van der Waals surface area contributed by atoms with Gasteiger partial charge in [-0.3, -0.25) is 0 Å². The van der Waals surface area contributed by atoms with Crippen molar-refractivity contribution in [2.45, 2.75) is 57.0 Å². The first-order valence-electron chi connectivity index (χ1n) is 8.47. The molecule has 3 nitrogen and oxygen atoms in total. The van der Waals surface area contributed by atoms with Crippen molar-refractivity contribution in [3.05, 3.63) is 35.9 Å². The Hall–Kier alpha value is -0.545. The van der Waals surface area contributed by atoms with Crippen LogP contribution in [0.4, 0.5) is 0 Å². The Bertz CT molecular complexity index is 552. The lowest BCUT2D eigenvalue weighted by molar-refractivity contribution is -0.238. The smallest absolute Gasteiger partial charge is 0.426 e. The van der Waals surface area contributed by atoms with E-state index in [1.807, 2.05) is 37.3 Å². The molecule has 0 aliphatic heterocycles. The molecule has 3 aliphatic rings. The van der Waals surface area contributed by atoms with Gasteiger partial charge in [0.15, 0.2) is 0 Å². The highest BCUT2D eigenvalue weighted by atomic mass is 35.5. The lowest BCUT2D eigenvalue weighted by atomic mass is 9.43. The van der Waals surface area contributed by atoms with Gasteiger partial charge < -0.3 is 14.8 Å². The Morgan fingerprint density at radius 1 is 1.26 bits per heavy atom. The van der Waals surface area contributed by atoms with E-state index in [0.717, 1.165) is 18.4 Å². The molecule has 2 N–H and O–H groups in total. The van der Waals surface area contributed by atoms with Crippen LogP contribution in [0.2, 0.25) is 0 Å². The van der Waals surface area contributed by atoms with Crippen molar-refractivity contribution < 1.29 is 14.8 Å². The molecule has 5 atom stereocenters. The first-order chi connectivity index (χ1) is 10.7. The van der Waals surface area contributed by atoms with Crippen LogP contribution in [-0.2, 0) is 11.1 Å². The Balaban J connectivity index is 1.67. The van der Waals surface area contributed by atoms with Gasteiger partial charge in [0.1, 0.15) is 0 Å². The number of aliphatic hydroxyl groups is 1. The summed E-state index contributed by atoms with van der Waals surface area (Å²) >= 11 is 6.37. The van der Waals surface area contributed by atoms with Crippen LogP contribution in [0.1, 0.15) is 39.2 Å². The highest BCUT2D eigenvalue weighted by molar-refractivity contribution is 6.58. The van der Waals surface area contributed by atoms with Gasteiger partial charge in [0.2, 0.25) is 0 Å². The molecule has 1 aromatic rings. The number of benzene rings is 1. The number of fused-ring (bicyclic) bond motifs is 2. The number of alkyl halides is 1. The Morgan fingerprint density at radius 2 is 1.91 bits per heavy atom. The van der Waals surface area contributed by atoms with Crippen LogP contribution in [-0.4, -0.2) is 34.2 Å². The molecule has 126 valence electrons. The van der Waals surface area contributed by atoms with Gasteiger partial charge in [0.05, 0.1) is 17.0 Å². The molecule has 0 amide bonds. The summed E-state index contributed by atoms with van der Waals surface area (Å²) in [6.07, 6.45) is 1.78. The second kappa shape index (κ2) is 6.07. The van der Waals surface area contributed by atoms with Crippen LogP contribution in [0.5, 0.6) is 0 Å². The van der Waals surface area contributed by atoms with Crippen molar-refractivity contribution in [2.75, 3.05) is 0 Å². The van der Waals surface area contributed by atoms with Gasteiger partial charge in [-0.05, 0) is 49.0 Å². The van der Waals surface area contributed by atoms with Gasteiger partial charge in [-0.15, -0.1) is 11.6 Å². The van der Waals surface area contributed by atoms with Crippen LogP contribution in [0.15, 0.2) is 30.3 Å². The fraction of sp³-hybridized carbons (Fsp3) is 0.667. The molecule has 1 aromatic carbocycles. The number of aliphatic hydroxyl groups excluding tert-OH is 1. The maximum atomic E-state index is 10.5. The van der Waals surface area contributed by atoms with Crippen molar-refractivity contribution in [2.24, 2.45) is 17.3 Å². The number of hydrogen-bond donors (Lipinski definition) is 2. The standard InChI is InChI=1S/C18H26BClO3/c1-17(2)13-10-14(17)18(3,15(21)11-13)23-19(22)16(20)9-12-7-5-4-6-8-12/h4-8,13-16,21-22H,9-11H2,1-3H3/t13-,14-,15+,16+,18-/m0/s1. The fourth-order valence-corrected chi connectivity index (χ4v) is 4.79. The summed E-state index contributed by atoms with van der Waals surface area (Å²) in [7, 11) is -1.09. The zero-order valence-electron chi connectivity index (χ0n) is 14.1. The summed E-state index contributed by atoms with van der Waals surface area (Å²) in [5.74, 6) is 0.798. The molecule has 4 rings (SSSR count). The first-order valence-corrected chi connectivity index (χ1v) is 8.90. The zero-order valence-corrected chi connectivity index (χ0v) is 14.8. The molecule has 3 aliphatic carbocycles. The molecule has 0 unspecified atom stereocenters. The van der Waals surface area contributed by atoms with E-state index in [4.69, 9.17) is 16.3 Å². The summed E-state index contributed by atoms with van der Waals surface area (Å²) < 4.78 is 5.98. The number of halogens is 1. The zero-order chi connectivity index (χ0) is 16.8. The minimum absolute atomic E-state index is 0.148. The molecule has 5 heteroatoms. The van der Waals surface area contributed by atoms with Crippen LogP contribution in [0, 0.1) is 17.3 Å². The Morgan fingerprint density at radius 3 is 2.52 bits per heavy atom. The van der Waals surface area contributed by atoms with Crippen molar-refractivity contribution in [1.29, 1.82) is 0 Å². The molecule has 0 heterocycles. The minimum Gasteiger partial charge on any atom is -0.426 e. The highest BCUT2D eigenvalue weighted by Gasteiger charge is 2.64. The lowest BCUT2D eigenvalue weighted by Crippen LogP contribution is -2.68. The summed E-state index contributed by atoms with van der Waals surface area (Å²) in [4.78, 5) is 0. The van der Waals surface area contributed by atoms with E-state index in [9.17, 15) is 10.1 Å². The maximum absolute atomic E-state index is 10.5. The van der Waals surface area contributed by atoms with E-state index in [1.165, 1.54) is 0 Å². The third-order valence-corrected chi connectivity index (χ3v) is 6.66. The van der Waals surface area contributed by atoms with Gasteiger partial charge in [-0.2, -0.15) is 0 Å². The van der Waals surface area contributed by atoms with E-state index < -0.39 is 24.1 Å². The molecule has 23 heavy (non-hydrogen) atoms. The monoisotopic (exact) mass is 336 g/mol. The molecule has 0 radical (unpaired) electrons. The van der Waals surface area contributed by atoms with Gasteiger partial charge >= 0.3 is 7.12 Å². The third kappa shape index (κ3) is 2.95. The summed E-state index contributed by atoms with van der Waals surface area (Å²) in [6.45, 7) is 6.39. The van der Waals surface area contributed by atoms with Crippen molar-refractivity contribution >= 4 is 18.7 Å². The Labute approximate surface area is 144 Å². The molecule has 2 bridgehead atoms. The van der Waals surface area contributed by atoms with Gasteiger partial charge in [-0.25, -0.2) is 0 Å². The van der Waals surface area contributed by atoms with Gasteiger partial charge in [-0.1, -0.05) is 44.2 Å². The van der Waals surface area contributed by atoms with E-state index in [2.05, 4.69) is 13.8 Å².